The summed E-state index contributed by atoms with van der Waals surface area (Å²) in [7, 11) is 0. The third-order valence-electron chi connectivity index (χ3n) is 5.10. The number of halogens is 1. The van der Waals surface area contributed by atoms with Gasteiger partial charge in [0.15, 0.2) is 0 Å². The minimum absolute atomic E-state index is 0.105. The number of aliphatic hydroxyl groups is 1. The van der Waals surface area contributed by atoms with Crippen LogP contribution in [0.25, 0.3) is 11.1 Å². The number of ether oxygens (including phenoxy) is 2. The Morgan fingerprint density at radius 1 is 1.41 bits per heavy atom. The Kier molecular flexibility index (Phi) is 4.47. The molecule has 142 valence electrons. The van der Waals surface area contributed by atoms with E-state index in [1.807, 2.05) is 18.2 Å². The Hall–Kier alpha value is -2.67. The molecule has 0 amide bonds. The van der Waals surface area contributed by atoms with Gasteiger partial charge in [-0.15, -0.1) is 0 Å². The Morgan fingerprint density at radius 3 is 2.96 bits per heavy atom. The van der Waals surface area contributed by atoms with Crippen LogP contribution in [0.1, 0.15) is 31.7 Å². The van der Waals surface area contributed by atoms with Crippen LogP contribution < -0.4 is 10.5 Å². The fourth-order valence-corrected chi connectivity index (χ4v) is 3.77. The molecule has 27 heavy (non-hydrogen) atoms. The fraction of sp³-hybridized carbons (Fsp3) is 0.400. The van der Waals surface area contributed by atoms with Crippen LogP contribution in [0.15, 0.2) is 41.5 Å². The molecule has 3 N–H and O–H groups in total. The fourth-order valence-electron chi connectivity index (χ4n) is 3.77. The number of pyridine rings is 1. The first kappa shape index (κ1) is 17.7. The SMILES string of the molecule is CC(O)CC[C@H]1CC2(COC(N)=N2)c2cc(-c3cccnc3F)ccc2O1. The number of aliphatic imine (C=N–C) groups is 1. The van der Waals surface area contributed by atoms with Crippen molar-refractivity contribution in [2.75, 3.05) is 6.61 Å². The van der Waals surface area contributed by atoms with Gasteiger partial charge in [-0.25, -0.2) is 9.98 Å². The van der Waals surface area contributed by atoms with Gasteiger partial charge in [0.1, 0.15) is 24.0 Å². The van der Waals surface area contributed by atoms with Crippen LogP contribution in [-0.4, -0.2) is 34.9 Å². The normalized spacial score (nSPS) is 24.7. The Bertz CT molecular complexity index is 887. The highest BCUT2D eigenvalue weighted by molar-refractivity contribution is 5.75. The molecule has 0 radical (unpaired) electrons. The molecule has 1 spiro atoms. The second-order valence-electron chi connectivity index (χ2n) is 7.19. The van der Waals surface area contributed by atoms with Gasteiger partial charge in [0.25, 0.3) is 6.02 Å². The van der Waals surface area contributed by atoms with Gasteiger partial charge >= 0.3 is 0 Å². The van der Waals surface area contributed by atoms with E-state index in [2.05, 4.69) is 9.98 Å². The molecular formula is C20H22FN3O3. The summed E-state index contributed by atoms with van der Waals surface area (Å²) in [6.07, 6.45) is 2.85. The summed E-state index contributed by atoms with van der Waals surface area (Å²) in [6.45, 7) is 2.08. The van der Waals surface area contributed by atoms with E-state index in [0.29, 0.717) is 42.7 Å². The summed E-state index contributed by atoms with van der Waals surface area (Å²) in [4.78, 5) is 8.30. The van der Waals surface area contributed by atoms with E-state index in [-0.39, 0.29) is 12.1 Å². The van der Waals surface area contributed by atoms with E-state index in [1.165, 1.54) is 6.20 Å². The molecule has 7 heteroatoms. The molecule has 2 aliphatic rings. The van der Waals surface area contributed by atoms with Gasteiger partial charge in [-0.2, -0.15) is 4.39 Å². The smallest absolute Gasteiger partial charge is 0.283 e. The standard InChI is InChI=1S/C20H22FN3O3/c1-12(25)4-6-14-10-20(11-26-19(22)24-20)16-9-13(5-7-17(16)27-14)15-3-2-8-23-18(15)21/h2-3,5,7-9,12,14,25H,4,6,10-11H2,1H3,(H2,22,24)/t12?,14-,20?/m0/s1. The number of nitrogens with two attached hydrogens (primary N) is 1. The number of hydrogen-bond acceptors (Lipinski definition) is 6. The van der Waals surface area contributed by atoms with Crippen molar-refractivity contribution in [3.05, 3.63) is 48.0 Å². The van der Waals surface area contributed by atoms with Crippen molar-refractivity contribution < 1.29 is 19.0 Å². The number of benzene rings is 1. The Labute approximate surface area is 156 Å². The van der Waals surface area contributed by atoms with E-state index in [0.717, 1.165) is 5.56 Å². The minimum atomic E-state index is -0.657. The van der Waals surface area contributed by atoms with Gasteiger partial charge in [-0.1, -0.05) is 6.07 Å². The van der Waals surface area contributed by atoms with Crippen molar-refractivity contribution in [1.82, 2.24) is 4.98 Å². The van der Waals surface area contributed by atoms with Crippen molar-refractivity contribution in [2.24, 2.45) is 10.7 Å². The quantitative estimate of drug-likeness (QED) is 0.807. The lowest BCUT2D eigenvalue weighted by Gasteiger charge is -2.37. The zero-order valence-corrected chi connectivity index (χ0v) is 15.1. The van der Waals surface area contributed by atoms with E-state index >= 15 is 0 Å². The molecule has 3 atom stereocenters. The van der Waals surface area contributed by atoms with Crippen LogP contribution >= 0.6 is 0 Å². The largest absolute Gasteiger partial charge is 0.490 e. The average molecular weight is 371 g/mol. The van der Waals surface area contributed by atoms with E-state index in [4.69, 9.17) is 15.2 Å². The van der Waals surface area contributed by atoms with Crippen molar-refractivity contribution in [3.8, 4) is 16.9 Å². The van der Waals surface area contributed by atoms with Gasteiger partial charge in [0, 0.05) is 23.7 Å². The van der Waals surface area contributed by atoms with Crippen molar-refractivity contribution in [2.45, 2.75) is 43.9 Å². The molecule has 2 aromatic rings. The van der Waals surface area contributed by atoms with Crippen molar-refractivity contribution in [3.63, 3.8) is 0 Å². The number of fused-ring (bicyclic) bond motifs is 2. The van der Waals surface area contributed by atoms with Crippen LogP contribution in [0.3, 0.4) is 0 Å². The number of rotatable bonds is 4. The van der Waals surface area contributed by atoms with Gasteiger partial charge in [0.2, 0.25) is 5.95 Å². The first-order valence-corrected chi connectivity index (χ1v) is 9.05. The van der Waals surface area contributed by atoms with Crippen LogP contribution in [0, 0.1) is 5.95 Å². The minimum Gasteiger partial charge on any atom is -0.490 e. The van der Waals surface area contributed by atoms with Crippen molar-refractivity contribution in [1.29, 1.82) is 0 Å². The van der Waals surface area contributed by atoms with E-state index in [9.17, 15) is 9.50 Å². The topological polar surface area (TPSA) is 90.0 Å². The molecule has 0 fully saturated rings. The molecule has 0 saturated heterocycles. The molecule has 6 nitrogen and oxygen atoms in total. The van der Waals surface area contributed by atoms with E-state index < -0.39 is 17.6 Å². The summed E-state index contributed by atoms with van der Waals surface area (Å²) in [6, 6.07) is 9.06. The molecule has 3 heterocycles. The molecule has 0 aliphatic carbocycles. The highest BCUT2D eigenvalue weighted by Gasteiger charge is 2.46. The lowest BCUT2D eigenvalue weighted by Crippen LogP contribution is -2.38. The highest BCUT2D eigenvalue weighted by Crippen LogP contribution is 2.46. The van der Waals surface area contributed by atoms with Gasteiger partial charge in [0.05, 0.1) is 6.10 Å². The molecule has 0 saturated carbocycles. The number of hydrogen-bond donors (Lipinski definition) is 2. The molecule has 1 aromatic heterocycles. The predicted molar refractivity (Wildman–Crippen MR) is 98.8 cm³/mol. The number of amidine groups is 1. The summed E-state index contributed by atoms with van der Waals surface area (Å²) >= 11 is 0. The maximum atomic E-state index is 14.1. The molecular weight excluding hydrogens is 349 g/mol. The summed E-state index contributed by atoms with van der Waals surface area (Å²) in [5.74, 6) is 0.163. The molecule has 1 aromatic carbocycles. The average Bonchev–Trinajstić information content (AvgIpc) is 3.01. The zero-order chi connectivity index (χ0) is 19.0. The summed E-state index contributed by atoms with van der Waals surface area (Å²) < 4.78 is 25.8. The molecule has 2 unspecified atom stereocenters. The molecule has 2 aliphatic heterocycles. The monoisotopic (exact) mass is 371 g/mol. The highest BCUT2D eigenvalue weighted by atomic mass is 19.1. The zero-order valence-electron chi connectivity index (χ0n) is 15.1. The lowest BCUT2D eigenvalue weighted by atomic mass is 9.81. The Morgan fingerprint density at radius 2 is 2.26 bits per heavy atom. The van der Waals surface area contributed by atoms with Crippen LogP contribution in [0.5, 0.6) is 5.75 Å². The van der Waals surface area contributed by atoms with Crippen molar-refractivity contribution >= 4 is 6.02 Å². The number of aromatic nitrogens is 1. The third kappa shape index (κ3) is 3.35. The van der Waals surface area contributed by atoms with Crippen LogP contribution in [0.4, 0.5) is 4.39 Å². The second-order valence-corrected chi connectivity index (χ2v) is 7.19. The summed E-state index contributed by atoms with van der Waals surface area (Å²) in [5, 5.41) is 9.60. The molecule has 0 bridgehead atoms. The van der Waals surface area contributed by atoms with Gasteiger partial charge in [-0.3, -0.25) is 0 Å². The molecule has 4 rings (SSSR count). The van der Waals surface area contributed by atoms with Crippen LogP contribution in [0.2, 0.25) is 0 Å². The first-order valence-electron chi connectivity index (χ1n) is 9.05. The maximum Gasteiger partial charge on any atom is 0.283 e. The van der Waals surface area contributed by atoms with Crippen LogP contribution in [-0.2, 0) is 10.3 Å². The Balaban J connectivity index is 1.75. The maximum absolute atomic E-state index is 14.1. The van der Waals surface area contributed by atoms with Gasteiger partial charge in [-0.05, 0) is 49.6 Å². The second kappa shape index (κ2) is 6.81. The summed E-state index contributed by atoms with van der Waals surface area (Å²) in [5.41, 5.74) is 7.11. The number of aliphatic hydroxyl groups excluding tert-OH is 1. The van der Waals surface area contributed by atoms with E-state index in [1.54, 1.807) is 19.1 Å². The lowest BCUT2D eigenvalue weighted by molar-refractivity contribution is 0.0836. The predicted octanol–water partition coefficient (Wildman–Crippen LogP) is 2.74. The van der Waals surface area contributed by atoms with Gasteiger partial charge < -0.3 is 20.3 Å². The first-order chi connectivity index (χ1) is 13.0. The third-order valence-corrected chi connectivity index (χ3v) is 5.10. The number of nitrogens with zero attached hydrogens (tertiary/aromatic N) is 2.